The Morgan fingerprint density at radius 1 is 1.16 bits per heavy atom. The number of nitrogens with one attached hydrogen (secondary N) is 1. The summed E-state index contributed by atoms with van der Waals surface area (Å²) in [7, 11) is 0. The van der Waals surface area contributed by atoms with Gasteiger partial charge in [-0.2, -0.15) is 0 Å². The highest BCUT2D eigenvalue weighted by molar-refractivity contribution is 5.94. The van der Waals surface area contributed by atoms with Crippen LogP contribution in [0, 0.1) is 17.6 Å². The highest BCUT2D eigenvalue weighted by Gasteiger charge is 2.28. The Morgan fingerprint density at radius 3 is 2.52 bits per heavy atom. The second-order valence-electron chi connectivity index (χ2n) is 6.54. The van der Waals surface area contributed by atoms with Crippen LogP contribution in [0.3, 0.4) is 0 Å². The summed E-state index contributed by atoms with van der Waals surface area (Å²) in [6.45, 7) is 3.65. The monoisotopic (exact) mass is 352 g/mol. The van der Waals surface area contributed by atoms with Crippen molar-refractivity contribution in [1.29, 1.82) is 0 Å². The van der Waals surface area contributed by atoms with Crippen LogP contribution in [-0.4, -0.2) is 36.3 Å². The van der Waals surface area contributed by atoms with Gasteiger partial charge in [-0.25, -0.2) is 8.78 Å². The van der Waals surface area contributed by atoms with Crippen molar-refractivity contribution in [2.75, 3.05) is 19.6 Å². The minimum absolute atomic E-state index is 0.0385. The Balaban J connectivity index is 1.78. The molecule has 0 radical (unpaired) electrons. The van der Waals surface area contributed by atoms with E-state index in [2.05, 4.69) is 12.2 Å². The zero-order valence-electron chi connectivity index (χ0n) is 14.7. The molecule has 1 aliphatic rings. The van der Waals surface area contributed by atoms with E-state index < -0.39 is 17.5 Å². The number of benzene rings is 1. The van der Waals surface area contributed by atoms with Gasteiger partial charge in [-0.15, -0.1) is 0 Å². The molecule has 2 amide bonds. The van der Waals surface area contributed by atoms with Gasteiger partial charge in [0, 0.05) is 31.6 Å². The molecule has 1 N–H and O–H groups in total. The molecule has 1 fully saturated rings. The molecule has 1 saturated heterocycles. The Hall–Kier alpha value is -1.98. The second kappa shape index (κ2) is 9.49. The zero-order chi connectivity index (χ0) is 18.2. The van der Waals surface area contributed by atoms with Crippen molar-refractivity contribution in [2.24, 2.45) is 5.92 Å². The summed E-state index contributed by atoms with van der Waals surface area (Å²) in [6, 6.07) is 2.96. The Kier molecular flexibility index (Phi) is 7.34. The molecule has 4 nitrogen and oxygen atoms in total. The van der Waals surface area contributed by atoms with E-state index in [9.17, 15) is 18.4 Å². The summed E-state index contributed by atoms with van der Waals surface area (Å²) in [5, 5.41) is 2.96. The molecule has 0 aliphatic carbocycles. The van der Waals surface area contributed by atoms with Gasteiger partial charge in [0.15, 0.2) is 0 Å². The number of halogens is 2. The summed E-state index contributed by atoms with van der Waals surface area (Å²) in [6.07, 6.45) is 5.57. The molecule has 1 aromatic rings. The number of piperidine rings is 1. The lowest BCUT2D eigenvalue weighted by molar-refractivity contribution is -0.126. The van der Waals surface area contributed by atoms with E-state index in [1.165, 1.54) is 17.4 Å². The quantitative estimate of drug-likeness (QED) is 0.764. The Bertz CT molecular complexity index is 599. The lowest BCUT2D eigenvalue weighted by atomic mass is 9.95. The summed E-state index contributed by atoms with van der Waals surface area (Å²) < 4.78 is 26.7. The normalized spacial score (nSPS) is 15.2. The van der Waals surface area contributed by atoms with Gasteiger partial charge in [-0.3, -0.25) is 9.59 Å². The van der Waals surface area contributed by atoms with Gasteiger partial charge in [0.05, 0.1) is 5.56 Å². The molecule has 6 heteroatoms. The third kappa shape index (κ3) is 5.51. The summed E-state index contributed by atoms with van der Waals surface area (Å²) in [4.78, 5) is 26.0. The molecule has 1 heterocycles. The highest BCUT2D eigenvalue weighted by atomic mass is 19.1. The number of rotatable bonds is 7. The van der Waals surface area contributed by atoms with Crippen molar-refractivity contribution in [1.82, 2.24) is 10.2 Å². The molecule has 138 valence electrons. The summed E-state index contributed by atoms with van der Waals surface area (Å²) >= 11 is 0. The molecule has 0 atom stereocenters. The summed E-state index contributed by atoms with van der Waals surface area (Å²) in [5.74, 6) is -2.07. The molecular weight excluding hydrogens is 326 g/mol. The van der Waals surface area contributed by atoms with E-state index in [0.29, 0.717) is 38.5 Å². The maximum absolute atomic E-state index is 13.7. The van der Waals surface area contributed by atoms with Crippen molar-refractivity contribution in [3.8, 4) is 0 Å². The highest BCUT2D eigenvalue weighted by Crippen LogP contribution is 2.20. The minimum atomic E-state index is -0.850. The van der Waals surface area contributed by atoms with E-state index in [-0.39, 0.29) is 17.4 Å². The third-order valence-corrected chi connectivity index (χ3v) is 4.64. The van der Waals surface area contributed by atoms with Crippen LogP contribution in [0.4, 0.5) is 8.78 Å². The number of carbonyl (C=O) groups is 2. The SMILES string of the molecule is CCCCCCNC(=O)C1CCN(C(=O)c2ccc(F)cc2F)CC1. The van der Waals surface area contributed by atoms with Gasteiger partial charge < -0.3 is 10.2 Å². The van der Waals surface area contributed by atoms with Gasteiger partial charge in [0.25, 0.3) is 5.91 Å². The molecule has 0 bridgehead atoms. The first-order chi connectivity index (χ1) is 12.0. The number of likely N-dealkylation sites (tertiary alicyclic amines) is 1. The van der Waals surface area contributed by atoms with Crippen LogP contribution in [0.2, 0.25) is 0 Å². The molecule has 0 unspecified atom stereocenters. The third-order valence-electron chi connectivity index (χ3n) is 4.64. The van der Waals surface area contributed by atoms with Crippen LogP contribution in [0.1, 0.15) is 55.8 Å². The van der Waals surface area contributed by atoms with E-state index in [4.69, 9.17) is 0 Å². The van der Waals surface area contributed by atoms with Gasteiger partial charge >= 0.3 is 0 Å². The largest absolute Gasteiger partial charge is 0.356 e. The van der Waals surface area contributed by atoms with Crippen molar-refractivity contribution >= 4 is 11.8 Å². The lowest BCUT2D eigenvalue weighted by Gasteiger charge is -2.31. The number of carbonyl (C=O) groups excluding carboxylic acids is 2. The van der Waals surface area contributed by atoms with Crippen molar-refractivity contribution in [2.45, 2.75) is 45.4 Å². The topological polar surface area (TPSA) is 49.4 Å². The first-order valence-electron chi connectivity index (χ1n) is 9.05. The fraction of sp³-hybridized carbons (Fsp3) is 0.579. The van der Waals surface area contributed by atoms with Crippen LogP contribution in [-0.2, 0) is 4.79 Å². The molecule has 2 rings (SSSR count). The Morgan fingerprint density at radius 2 is 1.88 bits per heavy atom. The van der Waals surface area contributed by atoms with Gasteiger partial charge in [0.2, 0.25) is 5.91 Å². The first kappa shape index (κ1) is 19.3. The van der Waals surface area contributed by atoms with Crippen LogP contribution in [0.5, 0.6) is 0 Å². The molecule has 25 heavy (non-hydrogen) atoms. The fourth-order valence-corrected chi connectivity index (χ4v) is 3.09. The van der Waals surface area contributed by atoms with Gasteiger partial charge in [-0.1, -0.05) is 26.2 Å². The van der Waals surface area contributed by atoms with Crippen molar-refractivity contribution in [3.63, 3.8) is 0 Å². The van der Waals surface area contributed by atoms with Gasteiger partial charge in [-0.05, 0) is 31.4 Å². The average molecular weight is 352 g/mol. The first-order valence-corrected chi connectivity index (χ1v) is 9.05. The minimum Gasteiger partial charge on any atom is -0.356 e. The predicted octanol–water partition coefficient (Wildman–Crippen LogP) is 3.51. The summed E-state index contributed by atoms with van der Waals surface area (Å²) in [5.41, 5.74) is -0.125. The van der Waals surface area contributed by atoms with Crippen LogP contribution >= 0.6 is 0 Å². The maximum atomic E-state index is 13.7. The van der Waals surface area contributed by atoms with Crippen molar-refractivity contribution < 1.29 is 18.4 Å². The molecule has 1 aromatic carbocycles. The van der Waals surface area contributed by atoms with Crippen LogP contribution in [0.15, 0.2) is 18.2 Å². The number of hydrogen-bond acceptors (Lipinski definition) is 2. The standard InChI is InChI=1S/C19H26F2N2O2/c1-2-3-4-5-10-22-18(24)14-8-11-23(12-9-14)19(25)16-7-6-15(20)13-17(16)21/h6-7,13-14H,2-5,8-12H2,1H3,(H,22,24). The fourth-order valence-electron chi connectivity index (χ4n) is 3.09. The smallest absolute Gasteiger partial charge is 0.256 e. The van der Waals surface area contributed by atoms with Crippen LogP contribution < -0.4 is 5.32 Å². The molecule has 1 aliphatic heterocycles. The molecular formula is C19H26F2N2O2. The van der Waals surface area contributed by atoms with E-state index in [0.717, 1.165) is 25.3 Å². The molecule has 0 saturated carbocycles. The lowest BCUT2D eigenvalue weighted by Crippen LogP contribution is -2.43. The molecule has 0 aromatic heterocycles. The zero-order valence-corrected chi connectivity index (χ0v) is 14.7. The number of nitrogens with zero attached hydrogens (tertiary/aromatic N) is 1. The molecule has 0 spiro atoms. The average Bonchev–Trinajstić information content (AvgIpc) is 2.61. The maximum Gasteiger partial charge on any atom is 0.256 e. The van der Waals surface area contributed by atoms with Crippen LogP contribution in [0.25, 0.3) is 0 Å². The number of amides is 2. The van der Waals surface area contributed by atoms with E-state index in [1.807, 2.05) is 0 Å². The van der Waals surface area contributed by atoms with Gasteiger partial charge in [0.1, 0.15) is 11.6 Å². The van der Waals surface area contributed by atoms with E-state index >= 15 is 0 Å². The van der Waals surface area contributed by atoms with E-state index in [1.54, 1.807) is 0 Å². The predicted molar refractivity (Wildman–Crippen MR) is 92.1 cm³/mol. The van der Waals surface area contributed by atoms with Crippen molar-refractivity contribution in [3.05, 3.63) is 35.4 Å². The second-order valence-corrected chi connectivity index (χ2v) is 6.54. The number of unbranched alkanes of at least 4 members (excludes halogenated alkanes) is 3. The number of hydrogen-bond donors (Lipinski definition) is 1. The Labute approximate surface area is 147 Å².